The fourth-order valence-electron chi connectivity index (χ4n) is 7.25. The Kier molecular flexibility index (Phi) is 22.1. The normalized spacial score (nSPS) is 15.8. The van der Waals surface area contributed by atoms with E-state index in [0.717, 1.165) is 0 Å². The first-order valence-corrected chi connectivity index (χ1v) is 22.1. The van der Waals surface area contributed by atoms with Crippen molar-refractivity contribution in [1.82, 2.24) is 36.8 Å². The number of phenols is 1. The van der Waals surface area contributed by atoms with E-state index in [9.17, 15) is 53.4 Å². The second kappa shape index (κ2) is 27.3. The summed E-state index contributed by atoms with van der Waals surface area (Å²) < 4.78 is 0. The molecule has 0 spiro atoms. The highest BCUT2D eigenvalue weighted by atomic mass is 16.3. The predicted molar refractivity (Wildman–Crippen MR) is 247 cm³/mol. The number of primary amides is 2. The molecule has 0 aliphatic carbocycles. The Morgan fingerprint density at radius 1 is 0.735 bits per heavy atom. The maximum atomic E-state index is 14.1. The highest BCUT2D eigenvalue weighted by Crippen LogP contribution is 2.21. The fraction of sp³-hybridized carbons (Fsp3) is 0.500. The minimum absolute atomic E-state index is 0.00496. The van der Waals surface area contributed by atoms with Crippen molar-refractivity contribution in [2.75, 3.05) is 26.2 Å². The van der Waals surface area contributed by atoms with Crippen LogP contribution in [0.25, 0.3) is 0 Å². The summed E-state index contributed by atoms with van der Waals surface area (Å²) in [5.41, 5.74) is 28.4. The number of nitrogens with one attached hydrogen (secondary N) is 6. The van der Waals surface area contributed by atoms with Gasteiger partial charge >= 0.3 is 0 Å². The number of amides is 9. The summed E-state index contributed by atoms with van der Waals surface area (Å²) in [6, 6.07) is 5.01. The number of aromatic hydroxyl groups is 1. The van der Waals surface area contributed by atoms with Gasteiger partial charge in [0.1, 0.15) is 42.0 Å². The number of guanidine groups is 1. The zero-order chi connectivity index (χ0) is 50.5. The number of aliphatic imine (C=N–C) groups is 1. The summed E-state index contributed by atoms with van der Waals surface area (Å²) in [7, 11) is 0. The van der Waals surface area contributed by atoms with Crippen LogP contribution in [0, 0.1) is 5.92 Å². The van der Waals surface area contributed by atoms with E-state index in [1.807, 2.05) is 13.8 Å². The third kappa shape index (κ3) is 18.5. The predicted octanol–water partition coefficient (Wildman–Crippen LogP) is -4.51. The highest BCUT2D eigenvalue weighted by molar-refractivity contribution is 5.98. The third-order valence-electron chi connectivity index (χ3n) is 10.7. The van der Waals surface area contributed by atoms with Crippen LogP contribution in [-0.2, 0) is 56.0 Å². The second-order valence-corrected chi connectivity index (χ2v) is 16.8. The number of hydrogen-bond acceptors (Lipinski definition) is 13. The van der Waals surface area contributed by atoms with Gasteiger partial charge in [0.2, 0.25) is 53.2 Å². The maximum Gasteiger partial charge on any atom is 0.245 e. The number of carbonyl (C=O) groups is 9. The first-order chi connectivity index (χ1) is 32.2. The van der Waals surface area contributed by atoms with Gasteiger partial charge in [0.15, 0.2) is 5.96 Å². The molecule has 1 aliphatic heterocycles. The van der Waals surface area contributed by atoms with Crippen LogP contribution >= 0.6 is 0 Å². The number of aliphatic hydroxyl groups is 1. The van der Waals surface area contributed by atoms with Crippen molar-refractivity contribution in [1.29, 1.82) is 0 Å². The van der Waals surface area contributed by atoms with Crippen molar-refractivity contribution in [2.45, 2.75) is 108 Å². The van der Waals surface area contributed by atoms with Crippen LogP contribution in [0.1, 0.15) is 63.5 Å². The Morgan fingerprint density at radius 3 is 1.91 bits per heavy atom. The molecule has 0 radical (unpaired) electrons. The van der Waals surface area contributed by atoms with E-state index in [0.29, 0.717) is 17.5 Å². The van der Waals surface area contributed by atoms with Gasteiger partial charge in [-0.2, -0.15) is 0 Å². The number of rotatable bonds is 27. The van der Waals surface area contributed by atoms with Crippen molar-refractivity contribution in [3.05, 3.63) is 65.7 Å². The van der Waals surface area contributed by atoms with Crippen LogP contribution in [0.15, 0.2) is 59.6 Å². The van der Waals surface area contributed by atoms with Crippen molar-refractivity contribution in [3.8, 4) is 5.75 Å². The monoisotopic (exact) mass is 951 g/mol. The molecule has 1 saturated heterocycles. The molecule has 1 fully saturated rings. The second-order valence-electron chi connectivity index (χ2n) is 16.8. The first-order valence-electron chi connectivity index (χ1n) is 22.1. The molecule has 3 rings (SSSR count). The van der Waals surface area contributed by atoms with E-state index in [-0.39, 0.29) is 69.2 Å². The average molecular weight is 952 g/mol. The van der Waals surface area contributed by atoms with Crippen LogP contribution in [0.2, 0.25) is 0 Å². The van der Waals surface area contributed by atoms with E-state index in [1.54, 1.807) is 30.3 Å². The molecule has 68 heavy (non-hydrogen) atoms. The molecule has 2 aromatic rings. The smallest absolute Gasteiger partial charge is 0.245 e. The average Bonchev–Trinajstić information content (AvgIpc) is 3.78. The molecule has 372 valence electrons. The minimum atomic E-state index is -1.68. The highest BCUT2D eigenvalue weighted by Gasteiger charge is 2.40. The van der Waals surface area contributed by atoms with Crippen LogP contribution in [0.4, 0.5) is 0 Å². The van der Waals surface area contributed by atoms with Crippen molar-refractivity contribution >= 4 is 59.1 Å². The fourth-order valence-corrected chi connectivity index (χ4v) is 7.25. The van der Waals surface area contributed by atoms with E-state index in [2.05, 4.69) is 36.9 Å². The van der Waals surface area contributed by atoms with Gasteiger partial charge in [0.05, 0.1) is 25.6 Å². The maximum absolute atomic E-state index is 14.1. The molecular formula is C44H65N13O11. The summed E-state index contributed by atoms with van der Waals surface area (Å²) in [5, 5.41) is 35.3. The standard InChI is InChI=1S/C44H65N13O11/c1-24(2)18-30(37(47)62)52-36(61)22-51-39(64)31(19-25-8-4-3-5-9-25)54-41(66)33(23-58)56-40(65)32(20-26-12-14-27(59)15-13-26)55-42(67)34-11-7-17-57(34)43(68)29(10-6-16-50-44(48)49)53-38(63)28(45)21-35(46)60/h3-5,8-9,12-15,24,28-34,58-59H,6-7,10-11,16-23,45H2,1-2H3,(H2,46,60)(H2,47,62)(H,51,64)(H,52,61)(H,53,63)(H,54,66)(H,55,67)(H,56,65)(H4,48,49,50)/t28-,29-,30-,31-,32-,33-,34-/m0/s1. The van der Waals surface area contributed by atoms with Gasteiger partial charge in [-0.15, -0.1) is 0 Å². The van der Waals surface area contributed by atoms with Crippen molar-refractivity contribution in [3.63, 3.8) is 0 Å². The SMILES string of the molecule is CC(C)C[C@H](NC(=O)CNC(=O)[C@H](Cc1ccccc1)NC(=O)[C@H](CO)NC(=O)[C@H](Cc1ccc(O)cc1)NC(=O)[C@@H]1CCCN1C(=O)[C@H](CCCN=C(N)N)NC(=O)[C@@H](N)CC(N)=O)C(N)=O. The number of carbonyl (C=O) groups excluding carboxylic acids is 9. The number of likely N-dealkylation sites (tertiary alicyclic amines) is 1. The van der Waals surface area contributed by atoms with E-state index >= 15 is 0 Å². The van der Waals surface area contributed by atoms with Gasteiger partial charge in [-0.1, -0.05) is 56.3 Å². The van der Waals surface area contributed by atoms with Gasteiger partial charge < -0.3 is 75.7 Å². The lowest BCUT2D eigenvalue weighted by atomic mass is 10.0. The van der Waals surface area contributed by atoms with E-state index < -0.39 is 115 Å². The molecule has 2 aromatic carbocycles. The molecular weight excluding hydrogens is 887 g/mol. The lowest BCUT2D eigenvalue weighted by Gasteiger charge is -2.30. The van der Waals surface area contributed by atoms with Gasteiger partial charge in [-0.05, 0) is 61.3 Å². The minimum Gasteiger partial charge on any atom is -0.508 e. The zero-order valence-corrected chi connectivity index (χ0v) is 38.2. The number of nitrogens with zero attached hydrogens (tertiary/aromatic N) is 2. The summed E-state index contributed by atoms with van der Waals surface area (Å²) in [6.07, 6.45) is 0.207. The van der Waals surface area contributed by atoms with Gasteiger partial charge in [0.25, 0.3) is 0 Å². The van der Waals surface area contributed by atoms with Crippen LogP contribution in [-0.4, -0.2) is 143 Å². The molecule has 0 saturated carbocycles. The zero-order valence-electron chi connectivity index (χ0n) is 38.2. The summed E-state index contributed by atoms with van der Waals surface area (Å²) in [6.45, 7) is 2.31. The van der Waals surface area contributed by atoms with E-state index in [4.69, 9.17) is 28.7 Å². The third-order valence-corrected chi connectivity index (χ3v) is 10.7. The van der Waals surface area contributed by atoms with Crippen LogP contribution in [0.5, 0.6) is 5.75 Å². The van der Waals surface area contributed by atoms with Crippen LogP contribution in [0.3, 0.4) is 0 Å². The van der Waals surface area contributed by atoms with Gasteiger partial charge in [0, 0.05) is 25.9 Å². The molecule has 9 amide bonds. The molecule has 0 unspecified atom stereocenters. The molecule has 1 aliphatic rings. The van der Waals surface area contributed by atoms with Crippen molar-refractivity contribution < 1.29 is 53.4 Å². The Labute approximate surface area is 393 Å². The number of nitrogens with two attached hydrogens (primary N) is 5. The lowest BCUT2D eigenvalue weighted by molar-refractivity contribution is -0.142. The topological polar surface area (TPSA) is 412 Å². The largest absolute Gasteiger partial charge is 0.508 e. The number of hydrogen-bond donors (Lipinski definition) is 13. The molecule has 1 heterocycles. The first kappa shape index (κ1) is 55.0. The van der Waals surface area contributed by atoms with Gasteiger partial charge in [-0.3, -0.25) is 48.1 Å². The Balaban J connectivity index is 1.83. The van der Waals surface area contributed by atoms with Crippen LogP contribution < -0.4 is 60.6 Å². The molecule has 7 atom stereocenters. The number of benzene rings is 2. The lowest BCUT2D eigenvalue weighted by Crippen LogP contribution is -2.60. The summed E-state index contributed by atoms with van der Waals surface area (Å²) in [5.74, 6) is -7.61. The molecule has 18 N–H and O–H groups in total. The molecule has 0 bridgehead atoms. The molecule has 0 aromatic heterocycles. The van der Waals surface area contributed by atoms with Gasteiger partial charge in [-0.25, -0.2) is 0 Å². The summed E-state index contributed by atoms with van der Waals surface area (Å²) in [4.78, 5) is 124. The Hall–Kier alpha value is -7.34. The summed E-state index contributed by atoms with van der Waals surface area (Å²) >= 11 is 0. The Bertz CT molecular complexity index is 2100. The van der Waals surface area contributed by atoms with Crippen molar-refractivity contribution in [2.24, 2.45) is 39.6 Å². The number of aliphatic hydroxyl groups excluding tert-OH is 1. The Morgan fingerprint density at radius 2 is 1.32 bits per heavy atom. The molecule has 24 nitrogen and oxygen atoms in total. The number of phenolic OH excluding ortho intramolecular Hbond substituents is 1. The molecule has 24 heteroatoms. The van der Waals surface area contributed by atoms with E-state index in [1.165, 1.54) is 29.2 Å². The quantitative estimate of drug-likeness (QED) is 0.0228.